The number of hydrogen-bond donors (Lipinski definition) is 1. The number of hydrogen-bond acceptors (Lipinski definition) is 5. The lowest BCUT2D eigenvalue weighted by molar-refractivity contribution is -0.188. The quantitative estimate of drug-likeness (QED) is 0.676. The van der Waals surface area contributed by atoms with Gasteiger partial charge in [0.1, 0.15) is 18.0 Å². The van der Waals surface area contributed by atoms with E-state index in [1.165, 1.54) is 0 Å². The highest BCUT2D eigenvalue weighted by Gasteiger charge is 2.50. The molecule has 0 saturated carbocycles. The van der Waals surface area contributed by atoms with Crippen LogP contribution in [-0.4, -0.2) is 70.0 Å². The molecular formula is C25H33N5O4. The Labute approximate surface area is 200 Å². The average Bonchev–Trinajstić information content (AvgIpc) is 3.34. The number of carbonyl (C=O) groups is 3. The van der Waals surface area contributed by atoms with Gasteiger partial charge in [0.05, 0.1) is 25.9 Å². The van der Waals surface area contributed by atoms with Gasteiger partial charge in [-0.05, 0) is 30.0 Å². The van der Waals surface area contributed by atoms with Gasteiger partial charge in [-0.1, -0.05) is 50.6 Å². The lowest BCUT2D eigenvalue weighted by Gasteiger charge is -2.54. The van der Waals surface area contributed by atoms with Crippen LogP contribution in [0.4, 0.5) is 4.79 Å². The number of likely N-dealkylation sites (N-methyl/N-ethyl adjacent to an activating group) is 1. The Kier molecular flexibility index (Phi) is 7.21. The number of carbonyl (C=O) groups excluding carboxylic acids is 3. The van der Waals surface area contributed by atoms with Crippen molar-refractivity contribution in [1.82, 2.24) is 25.1 Å². The van der Waals surface area contributed by atoms with Gasteiger partial charge in [-0.15, -0.1) is 0 Å². The van der Waals surface area contributed by atoms with E-state index in [9.17, 15) is 14.4 Å². The van der Waals surface area contributed by atoms with Gasteiger partial charge in [0, 0.05) is 13.6 Å². The zero-order valence-corrected chi connectivity index (χ0v) is 20.0. The average molecular weight is 468 g/mol. The summed E-state index contributed by atoms with van der Waals surface area (Å²) in [6.45, 7) is 5.08. The third kappa shape index (κ3) is 4.94. The number of fused-ring (bicyclic) bond motifs is 1. The topological polar surface area (TPSA) is 89.3 Å². The number of piperazine rings is 1. The third-order valence-corrected chi connectivity index (χ3v) is 6.68. The van der Waals surface area contributed by atoms with E-state index in [-0.39, 0.29) is 36.9 Å². The monoisotopic (exact) mass is 467 g/mol. The number of urea groups is 1. The van der Waals surface area contributed by atoms with E-state index >= 15 is 0 Å². The Balaban J connectivity index is 1.60. The molecule has 0 bridgehead atoms. The van der Waals surface area contributed by atoms with Gasteiger partial charge in [0.25, 0.3) is 0 Å². The van der Waals surface area contributed by atoms with Crippen molar-refractivity contribution in [2.75, 3.05) is 20.1 Å². The molecule has 0 aliphatic carbocycles. The van der Waals surface area contributed by atoms with Crippen molar-refractivity contribution in [2.45, 2.75) is 52.0 Å². The van der Waals surface area contributed by atoms with Gasteiger partial charge in [-0.2, -0.15) is 0 Å². The SMILES string of the molecule is CCC(C)C[C@H]1C(=O)N(Cc2ccco2)C[C@H]2N1C(=O)CN(C)N2C(=O)NCc1ccccc1. The fourth-order valence-electron chi connectivity index (χ4n) is 4.67. The number of benzene rings is 1. The van der Waals surface area contributed by atoms with Crippen LogP contribution < -0.4 is 5.32 Å². The summed E-state index contributed by atoms with van der Waals surface area (Å²) in [5.74, 6) is 0.681. The van der Waals surface area contributed by atoms with Crippen LogP contribution in [0.25, 0.3) is 0 Å². The molecule has 9 nitrogen and oxygen atoms in total. The van der Waals surface area contributed by atoms with Crippen molar-refractivity contribution in [3.05, 3.63) is 60.1 Å². The molecule has 1 aromatic carbocycles. The van der Waals surface area contributed by atoms with Crippen LogP contribution in [0.15, 0.2) is 53.1 Å². The molecule has 182 valence electrons. The van der Waals surface area contributed by atoms with Crippen LogP contribution in [0.2, 0.25) is 0 Å². The first-order chi connectivity index (χ1) is 16.4. The molecule has 0 spiro atoms. The number of amides is 4. The largest absolute Gasteiger partial charge is 0.467 e. The molecule has 4 amide bonds. The van der Waals surface area contributed by atoms with Crippen LogP contribution in [0, 0.1) is 5.92 Å². The van der Waals surface area contributed by atoms with Gasteiger partial charge in [0.2, 0.25) is 11.8 Å². The van der Waals surface area contributed by atoms with Crippen LogP contribution in [-0.2, 0) is 22.7 Å². The summed E-state index contributed by atoms with van der Waals surface area (Å²) in [4.78, 5) is 43.4. The molecule has 1 N–H and O–H groups in total. The van der Waals surface area contributed by atoms with Crippen molar-refractivity contribution in [3.63, 3.8) is 0 Å². The second-order valence-corrected chi connectivity index (χ2v) is 9.15. The second-order valence-electron chi connectivity index (χ2n) is 9.15. The first-order valence-electron chi connectivity index (χ1n) is 11.8. The zero-order chi connectivity index (χ0) is 24.2. The molecule has 0 radical (unpaired) electrons. The van der Waals surface area contributed by atoms with Crippen molar-refractivity contribution in [1.29, 1.82) is 0 Å². The van der Waals surface area contributed by atoms with E-state index < -0.39 is 12.2 Å². The Morgan fingerprint density at radius 3 is 2.62 bits per heavy atom. The highest BCUT2D eigenvalue weighted by molar-refractivity contribution is 5.91. The molecule has 2 aliphatic heterocycles. The van der Waals surface area contributed by atoms with Gasteiger partial charge in [0.15, 0.2) is 0 Å². The fraction of sp³-hybridized carbons (Fsp3) is 0.480. The molecule has 2 aliphatic rings. The maximum Gasteiger partial charge on any atom is 0.334 e. The van der Waals surface area contributed by atoms with Crippen molar-refractivity contribution in [3.8, 4) is 0 Å². The van der Waals surface area contributed by atoms with E-state index in [0.29, 0.717) is 25.3 Å². The minimum atomic E-state index is -0.616. The molecule has 2 saturated heterocycles. The standard InChI is InChI=1S/C25H33N5O4/c1-4-18(2)13-21-24(32)28(15-20-11-8-12-34-20)16-22-29(21)23(31)17-27(3)30(22)25(33)26-14-19-9-6-5-7-10-19/h5-12,18,21-22H,4,13-17H2,1-3H3,(H,26,33)/t18?,21-,22-/m0/s1. The Morgan fingerprint density at radius 2 is 1.94 bits per heavy atom. The van der Waals surface area contributed by atoms with Crippen LogP contribution in [0.1, 0.15) is 38.0 Å². The Morgan fingerprint density at radius 1 is 1.18 bits per heavy atom. The van der Waals surface area contributed by atoms with E-state index in [4.69, 9.17) is 4.42 Å². The third-order valence-electron chi connectivity index (χ3n) is 6.68. The summed E-state index contributed by atoms with van der Waals surface area (Å²) in [5, 5.41) is 6.19. The number of hydrazine groups is 1. The van der Waals surface area contributed by atoms with Crippen LogP contribution >= 0.6 is 0 Å². The van der Waals surface area contributed by atoms with Crippen LogP contribution in [0.5, 0.6) is 0 Å². The lowest BCUT2D eigenvalue weighted by atomic mass is 9.94. The molecule has 3 heterocycles. The number of rotatable bonds is 7. The molecule has 4 rings (SSSR count). The van der Waals surface area contributed by atoms with Crippen molar-refractivity contribution in [2.24, 2.45) is 5.92 Å². The first-order valence-corrected chi connectivity index (χ1v) is 11.8. The minimum absolute atomic E-state index is 0.0394. The molecule has 1 unspecified atom stereocenters. The lowest BCUT2D eigenvalue weighted by Crippen LogP contribution is -2.75. The van der Waals surface area contributed by atoms with E-state index in [2.05, 4.69) is 19.2 Å². The van der Waals surface area contributed by atoms with E-state index in [1.807, 2.05) is 36.4 Å². The summed E-state index contributed by atoms with van der Waals surface area (Å²) in [7, 11) is 1.73. The van der Waals surface area contributed by atoms with E-state index in [1.54, 1.807) is 39.2 Å². The van der Waals surface area contributed by atoms with Gasteiger partial charge in [-0.3, -0.25) is 9.59 Å². The number of nitrogens with zero attached hydrogens (tertiary/aromatic N) is 4. The molecule has 2 aromatic rings. The maximum absolute atomic E-state index is 13.5. The Hall–Kier alpha value is -3.33. The smallest absolute Gasteiger partial charge is 0.334 e. The minimum Gasteiger partial charge on any atom is -0.467 e. The molecule has 1 aromatic heterocycles. The normalized spacial score (nSPS) is 22.0. The predicted molar refractivity (Wildman–Crippen MR) is 126 cm³/mol. The van der Waals surface area contributed by atoms with Crippen molar-refractivity contribution < 1.29 is 18.8 Å². The summed E-state index contributed by atoms with van der Waals surface area (Å²) in [5.41, 5.74) is 0.983. The van der Waals surface area contributed by atoms with E-state index in [0.717, 1.165) is 12.0 Å². The van der Waals surface area contributed by atoms with Crippen molar-refractivity contribution >= 4 is 17.8 Å². The predicted octanol–water partition coefficient (Wildman–Crippen LogP) is 2.65. The number of furan rings is 1. The molecule has 3 atom stereocenters. The summed E-state index contributed by atoms with van der Waals surface area (Å²) < 4.78 is 5.48. The fourth-order valence-corrected chi connectivity index (χ4v) is 4.67. The summed E-state index contributed by atoms with van der Waals surface area (Å²) >= 11 is 0. The second kappa shape index (κ2) is 10.3. The molecular weight excluding hydrogens is 434 g/mol. The Bertz CT molecular complexity index is 996. The first kappa shape index (κ1) is 23.8. The van der Waals surface area contributed by atoms with Gasteiger partial charge < -0.3 is 19.5 Å². The maximum atomic E-state index is 13.5. The summed E-state index contributed by atoms with van der Waals surface area (Å²) in [6, 6.07) is 12.4. The highest BCUT2D eigenvalue weighted by atomic mass is 16.3. The number of nitrogens with one attached hydrogen (secondary N) is 1. The molecule has 9 heteroatoms. The highest BCUT2D eigenvalue weighted by Crippen LogP contribution is 2.30. The van der Waals surface area contributed by atoms with Gasteiger partial charge >= 0.3 is 6.03 Å². The van der Waals surface area contributed by atoms with Gasteiger partial charge in [-0.25, -0.2) is 14.8 Å². The zero-order valence-electron chi connectivity index (χ0n) is 20.0. The molecule has 34 heavy (non-hydrogen) atoms. The van der Waals surface area contributed by atoms with Crippen LogP contribution in [0.3, 0.4) is 0 Å². The molecule has 2 fully saturated rings. The summed E-state index contributed by atoms with van der Waals surface area (Å²) in [6.07, 6.45) is 2.43.